The molecule has 1 aromatic heterocycles. The first-order valence-electron chi connectivity index (χ1n) is 9.21. The lowest BCUT2D eigenvalue weighted by atomic mass is 10.1. The highest BCUT2D eigenvalue weighted by molar-refractivity contribution is 5.36. The van der Waals surface area contributed by atoms with E-state index < -0.39 is 0 Å². The van der Waals surface area contributed by atoms with Gasteiger partial charge in [0, 0.05) is 19.5 Å². The molecule has 1 saturated heterocycles. The van der Waals surface area contributed by atoms with E-state index in [0.717, 1.165) is 41.7 Å². The Hall–Kier alpha value is -2.70. The van der Waals surface area contributed by atoms with Gasteiger partial charge in [-0.3, -0.25) is 0 Å². The number of nitrogens with zero attached hydrogens (tertiary/aromatic N) is 3. The summed E-state index contributed by atoms with van der Waals surface area (Å²) >= 11 is 0. The topological polar surface area (TPSA) is 61.2 Å². The van der Waals surface area contributed by atoms with Crippen molar-refractivity contribution in [2.45, 2.75) is 19.4 Å². The van der Waals surface area contributed by atoms with Gasteiger partial charge in [-0.1, -0.05) is 24.3 Å². The van der Waals surface area contributed by atoms with E-state index in [0.29, 0.717) is 13.0 Å². The van der Waals surface area contributed by atoms with Crippen molar-refractivity contribution in [2.75, 3.05) is 26.8 Å². The number of hydrogen-bond acceptors (Lipinski definition) is 5. The summed E-state index contributed by atoms with van der Waals surface area (Å²) in [6, 6.07) is 16.3. The minimum atomic E-state index is -0.101. The van der Waals surface area contributed by atoms with Gasteiger partial charge in [-0.15, -0.1) is 0 Å². The SMILES string of the molecule is COc1ccc(Cc2nc(C3CNCCO3)n(-c3cccc(C)c3)n2)cc1. The molecule has 4 rings (SSSR count). The van der Waals surface area contributed by atoms with Crippen LogP contribution < -0.4 is 10.1 Å². The molecule has 0 radical (unpaired) electrons. The second kappa shape index (κ2) is 7.90. The largest absolute Gasteiger partial charge is 0.497 e. The van der Waals surface area contributed by atoms with Gasteiger partial charge in [-0.2, -0.15) is 5.10 Å². The van der Waals surface area contributed by atoms with E-state index in [-0.39, 0.29) is 6.10 Å². The van der Waals surface area contributed by atoms with Crippen molar-refractivity contribution in [3.05, 3.63) is 71.3 Å². The number of rotatable bonds is 5. The molecular formula is C21H24N4O2. The zero-order chi connectivity index (χ0) is 18.6. The van der Waals surface area contributed by atoms with E-state index in [1.807, 2.05) is 35.0 Å². The Labute approximate surface area is 159 Å². The fraction of sp³-hybridized carbons (Fsp3) is 0.333. The Bertz CT molecular complexity index is 899. The molecule has 1 N–H and O–H groups in total. The van der Waals surface area contributed by atoms with Crippen molar-refractivity contribution in [3.63, 3.8) is 0 Å². The molecule has 2 aromatic carbocycles. The molecule has 0 saturated carbocycles. The van der Waals surface area contributed by atoms with Crippen molar-refractivity contribution < 1.29 is 9.47 Å². The van der Waals surface area contributed by atoms with Crippen LogP contribution in [0.1, 0.15) is 28.9 Å². The quantitative estimate of drug-likeness (QED) is 0.754. The van der Waals surface area contributed by atoms with Crippen molar-refractivity contribution >= 4 is 0 Å². The summed E-state index contributed by atoms with van der Waals surface area (Å²) in [5, 5.41) is 8.18. The summed E-state index contributed by atoms with van der Waals surface area (Å²) in [6.07, 6.45) is 0.562. The molecule has 140 valence electrons. The lowest BCUT2D eigenvalue weighted by Crippen LogP contribution is -2.34. The molecular weight excluding hydrogens is 340 g/mol. The van der Waals surface area contributed by atoms with E-state index in [2.05, 4.69) is 30.4 Å². The molecule has 1 fully saturated rings. The third kappa shape index (κ3) is 4.02. The Morgan fingerprint density at radius 2 is 2.07 bits per heavy atom. The summed E-state index contributed by atoms with van der Waals surface area (Å²) in [4.78, 5) is 4.83. The molecule has 0 spiro atoms. The Morgan fingerprint density at radius 3 is 2.78 bits per heavy atom. The average molecular weight is 364 g/mol. The monoisotopic (exact) mass is 364 g/mol. The van der Waals surface area contributed by atoms with Crippen LogP contribution in [0.3, 0.4) is 0 Å². The number of methoxy groups -OCH3 is 1. The fourth-order valence-corrected chi connectivity index (χ4v) is 3.26. The van der Waals surface area contributed by atoms with Crippen LogP contribution in [0, 0.1) is 6.92 Å². The number of benzene rings is 2. The van der Waals surface area contributed by atoms with E-state index in [1.165, 1.54) is 5.56 Å². The Kier molecular flexibility index (Phi) is 5.18. The summed E-state index contributed by atoms with van der Waals surface area (Å²) in [5.74, 6) is 2.47. The van der Waals surface area contributed by atoms with Crippen molar-refractivity contribution in [1.82, 2.24) is 20.1 Å². The standard InChI is InChI=1S/C21H24N4O2/c1-15-4-3-5-17(12-15)25-21(19-14-22-10-11-27-19)23-20(24-25)13-16-6-8-18(26-2)9-7-16/h3-9,12,19,22H,10-11,13-14H2,1-2H3. The maximum absolute atomic E-state index is 5.95. The molecule has 0 amide bonds. The predicted molar refractivity (Wildman–Crippen MR) is 103 cm³/mol. The molecule has 1 aliphatic heterocycles. The molecule has 0 aliphatic carbocycles. The van der Waals surface area contributed by atoms with Gasteiger partial charge in [0.05, 0.1) is 19.4 Å². The van der Waals surface area contributed by atoms with Crippen LogP contribution in [0.2, 0.25) is 0 Å². The number of hydrogen-bond donors (Lipinski definition) is 1. The average Bonchev–Trinajstić information content (AvgIpc) is 3.13. The van der Waals surface area contributed by atoms with Crippen LogP contribution in [-0.4, -0.2) is 41.6 Å². The minimum Gasteiger partial charge on any atom is -0.497 e. The predicted octanol–water partition coefficient (Wildman–Crippen LogP) is 2.84. The zero-order valence-electron chi connectivity index (χ0n) is 15.7. The second-order valence-corrected chi connectivity index (χ2v) is 6.73. The van der Waals surface area contributed by atoms with E-state index in [9.17, 15) is 0 Å². The summed E-state index contributed by atoms with van der Waals surface area (Å²) in [5.41, 5.74) is 3.34. The van der Waals surface area contributed by atoms with E-state index in [4.69, 9.17) is 19.6 Å². The molecule has 3 aromatic rings. The van der Waals surface area contributed by atoms with E-state index >= 15 is 0 Å². The van der Waals surface area contributed by atoms with Gasteiger partial charge in [0.1, 0.15) is 11.9 Å². The van der Waals surface area contributed by atoms with Gasteiger partial charge in [0.15, 0.2) is 11.6 Å². The molecule has 1 unspecified atom stereocenters. The first-order valence-corrected chi connectivity index (χ1v) is 9.21. The van der Waals surface area contributed by atoms with Gasteiger partial charge in [0.25, 0.3) is 0 Å². The third-order valence-corrected chi connectivity index (χ3v) is 4.66. The van der Waals surface area contributed by atoms with E-state index in [1.54, 1.807) is 7.11 Å². The minimum absolute atomic E-state index is 0.101. The number of aromatic nitrogens is 3. The van der Waals surface area contributed by atoms with Crippen LogP contribution in [0.5, 0.6) is 5.75 Å². The maximum Gasteiger partial charge on any atom is 0.162 e. The Morgan fingerprint density at radius 1 is 1.22 bits per heavy atom. The molecule has 27 heavy (non-hydrogen) atoms. The highest BCUT2D eigenvalue weighted by Crippen LogP contribution is 2.22. The van der Waals surface area contributed by atoms with Crippen molar-refractivity contribution in [3.8, 4) is 11.4 Å². The summed E-state index contributed by atoms with van der Waals surface area (Å²) < 4.78 is 13.1. The number of nitrogens with one attached hydrogen (secondary N) is 1. The highest BCUT2D eigenvalue weighted by Gasteiger charge is 2.24. The van der Waals surface area contributed by atoms with Gasteiger partial charge in [-0.05, 0) is 42.3 Å². The van der Waals surface area contributed by atoms with Gasteiger partial charge >= 0.3 is 0 Å². The molecule has 1 aliphatic rings. The third-order valence-electron chi connectivity index (χ3n) is 4.66. The Balaban J connectivity index is 1.67. The second-order valence-electron chi connectivity index (χ2n) is 6.73. The van der Waals surface area contributed by atoms with Crippen molar-refractivity contribution in [1.29, 1.82) is 0 Å². The lowest BCUT2D eigenvalue weighted by Gasteiger charge is -2.23. The number of ether oxygens (including phenoxy) is 2. The smallest absolute Gasteiger partial charge is 0.162 e. The maximum atomic E-state index is 5.95. The molecule has 0 bridgehead atoms. The normalized spacial score (nSPS) is 17.0. The fourth-order valence-electron chi connectivity index (χ4n) is 3.26. The van der Waals surface area contributed by atoms with Crippen LogP contribution in [0.15, 0.2) is 48.5 Å². The van der Waals surface area contributed by atoms with Gasteiger partial charge < -0.3 is 14.8 Å². The van der Waals surface area contributed by atoms with Crippen LogP contribution in [-0.2, 0) is 11.2 Å². The van der Waals surface area contributed by atoms with Gasteiger partial charge in [-0.25, -0.2) is 9.67 Å². The number of morpholine rings is 1. The highest BCUT2D eigenvalue weighted by atomic mass is 16.5. The van der Waals surface area contributed by atoms with Crippen LogP contribution in [0.4, 0.5) is 0 Å². The van der Waals surface area contributed by atoms with Crippen molar-refractivity contribution in [2.24, 2.45) is 0 Å². The first kappa shape index (κ1) is 17.7. The summed E-state index contributed by atoms with van der Waals surface area (Å²) in [7, 11) is 1.67. The molecule has 2 heterocycles. The van der Waals surface area contributed by atoms with Gasteiger partial charge in [0.2, 0.25) is 0 Å². The number of aryl methyl sites for hydroxylation is 1. The lowest BCUT2D eigenvalue weighted by molar-refractivity contribution is 0.0208. The molecule has 6 heteroatoms. The van der Waals surface area contributed by atoms with Crippen LogP contribution >= 0.6 is 0 Å². The molecule has 1 atom stereocenters. The first-order chi connectivity index (χ1) is 13.2. The summed E-state index contributed by atoms with van der Waals surface area (Å²) in [6.45, 7) is 4.37. The molecule has 6 nitrogen and oxygen atoms in total. The van der Waals surface area contributed by atoms with Crippen LogP contribution in [0.25, 0.3) is 5.69 Å². The zero-order valence-corrected chi connectivity index (χ0v) is 15.7.